The van der Waals surface area contributed by atoms with E-state index < -0.39 is 15.9 Å². The fraction of sp³-hybridized carbons (Fsp3) is 0.167. The average molecular weight is 374 g/mol. The van der Waals surface area contributed by atoms with Gasteiger partial charge in [-0.2, -0.15) is 0 Å². The molecule has 0 unspecified atom stereocenters. The van der Waals surface area contributed by atoms with Crippen molar-refractivity contribution in [3.8, 4) is 0 Å². The van der Waals surface area contributed by atoms with Crippen LogP contribution in [0.2, 0.25) is 0 Å². The lowest BCUT2D eigenvalue weighted by atomic mass is 10.2. The first-order chi connectivity index (χ1) is 9.83. The molecule has 1 heterocycles. The van der Waals surface area contributed by atoms with Crippen LogP contribution in [0, 0.1) is 13.8 Å². The zero-order chi connectivity index (χ0) is 15.6. The van der Waals surface area contributed by atoms with Crippen molar-refractivity contribution in [3.05, 3.63) is 45.8 Å². The van der Waals surface area contributed by atoms with E-state index in [9.17, 15) is 13.2 Å². The molecule has 1 aromatic carbocycles. The summed E-state index contributed by atoms with van der Waals surface area (Å²) in [6.07, 6.45) is 0. The zero-order valence-electron chi connectivity index (χ0n) is 11.2. The molecule has 2 N–H and O–H groups in total. The molecule has 7 nitrogen and oxygen atoms in total. The largest absolute Gasteiger partial charge is 0.360 e. The number of hydrogen-bond acceptors (Lipinski definition) is 5. The lowest BCUT2D eigenvalue weighted by molar-refractivity contribution is 0.0944. The minimum Gasteiger partial charge on any atom is -0.360 e. The Labute approximate surface area is 129 Å². The van der Waals surface area contributed by atoms with Gasteiger partial charge in [0.05, 0.1) is 5.56 Å². The molecule has 0 radical (unpaired) electrons. The van der Waals surface area contributed by atoms with Crippen molar-refractivity contribution in [1.82, 2.24) is 15.4 Å². The minimum absolute atomic E-state index is 0.0880. The Balaban J connectivity index is 2.17. The monoisotopic (exact) mass is 373 g/mol. The van der Waals surface area contributed by atoms with Crippen LogP contribution in [-0.2, 0) is 10.0 Å². The summed E-state index contributed by atoms with van der Waals surface area (Å²) in [4.78, 5) is 13.9. The van der Waals surface area contributed by atoms with E-state index in [1.807, 2.05) is 4.83 Å². The van der Waals surface area contributed by atoms with Gasteiger partial charge in [-0.05, 0) is 41.9 Å². The molecule has 112 valence electrons. The maximum absolute atomic E-state index is 12.1. The molecule has 1 aromatic heterocycles. The van der Waals surface area contributed by atoms with Crippen LogP contribution < -0.4 is 10.3 Å². The van der Waals surface area contributed by atoms with Crippen molar-refractivity contribution in [1.29, 1.82) is 0 Å². The highest BCUT2D eigenvalue weighted by Gasteiger charge is 2.25. The Kier molecular flexibility index (Phi) is 4.45. The van der Waals surface area contributed by atoms with Crippen LogP contribution in [0.5, 0.6) is 0 Å². The Morgan fingerprint density at radius 1 is 1.29 bits per heavy atom. The molecule has 0 atom stereocenters. The molecule has 9 heteroatoms. The molecular weight excluding hydrogens is 362 g/mol. The summed E-state index contributed by atoms with van der Waals surface area (Å²) >= 11 is 3.22. The lowest BCUT2D eigenvalue weighted by Crippen LogP contribution is -2.41. The van der Waals surface area contributed by atoms with Gasteiger partial charge in [-0.25, -0.2) is 8.42 Å². The standard InChI is InChI=1S/C12H12BrN3O4S/c1-7-11(8(2)20-15-7)21(18,19)16-14-12(17)9-5-3-4-6-10(9)13/h3-6,16H,1-2H3,(H,14,17). The number of nitrogens with one attached hydrogen (secondary N) is 2. The molecule has 0 bridgehead atoms. The molecule has 2 rings (SSSR count). The van der Waals surface area contributed by atoms with Gasteiger partial charge in [0.15, 0.2) is 5.76 Å². The number of halogens is 1. The second kappa shape index (κ2) is 5.96. The van der Waals surface area contributed by atoms with E-state index in [1.165, 1.54) is 13.8 Å². The number of rotatable bonds is 4. The van der Waals surface area contributed by atoms with Crippen molar-refractivity contribution >= 4 is 31.9 Å². The number of hydrazine groups is 1. The third kappa shape index (κ3) is 3.31. The summed E-state index contributed by atoms with van der Waals surface area (Å²) in [6.45, 7) is 2.98. The van der Waals surface area contributed by atoms with E-state index in [4.69, 9.17) is 4.52 Å². The number of nitrogens with zero attached hydrogens (tertiary/aromatic N) is 1. The van der Waals surface area contributed by atoms with Gasteiger partial charge in [0.25, 0.3) is 15.9 Å². The highest BCUT2D eigenvalue weighted by molar-refractivity contribution is 9.10. The lowest BCUT2D eigenvalue weighted by Gasteiger charge is -2.08. The van der Waals surface area contributed by atoms with E-state index in [0.717, 1.165) is 0 Å². The molecule has 1 amide bonds. The Bertz CT molecular complexity index is 766. The van der Waals surface area contributed by atoms with Crippen molar-refractivity contribution in [2.75, 3.05) is 0 Å². The van der Waals surface area contributed by atoms with Crippen molar-refractivity contribution < 1.29 is 17.7 Å². The average Bonchev–Trinajstić information content (AvgIpc) is 2.77. The van der Waals surface area contributed by atoms with Gasteiger partial charge < -0.3 is 4.52 Å². The first kappa shape index (κ1) is 15.7. The highest BCUT2D eigenvalue weighted by Crippen LogP contribution is 2.18. The number of aromatic nitrogens is 1. The Morgan fingerprint density at radius 3 is 2.52 bits per heavy atom. The number of benzene rings is 1. The van der Waals surface area contributed by atoms with Gasteiger partial charge >= 0.3 is 0 Å². The summed E-state index contributed by atoms with van der Waals surface area (Å²) < 4.78 is 29.6. The fourth-order valence-electron chi connectivity index (χ4n) is 1.74. The summed E-state index contributed by atoms with van der Waals surface area (Å²) in [7, 11) is -3.95. The molecule has 21 heavy (non-hydrogen) atoms. The summed E-state index contributed by atoms with van der Waals surface area (Å²) in [5.41, 5.74) is 2.67. The van der Waals surface area contributed by atoms with Crippen molar-refractivity contribution in [2.24, 2.45) is 0 Å². The molecule has 0 saturated carbocycles. The maximum Gasteiger partial charge on any atom is 0.267 e. The SMILES string of the molecule is Cc1noc(C)c1S(=O)(=O)NNC(=O)c1ccccc1Br. The molecular formula is C12H12BrN3O4S. The number of sulfonamides is 1. The van der Waals surface area contributed by atoms with E-state index >= 15 is 0 Å². The summed E-state index contributed by atoms with van der Waals surface area (Å²) in [5, 5.41) is 3.57. The van der Waals surface area contributed by atoms with Crippen LogP contribution in [-0.4, -0.2) is 19.5 Å². The van der Waals surface area contributed by atoms with Crippen LogP contribution in [0.3, 0.4) is 0 Å². The third-order valence-corrected chi connectivity index (χ3v) is 4.84. The second-order valence-corrected chi connectivity index (χ2v) is 6.67. The molecule has 0 aliphatic rings. The third-order valence-electron chi connectivity index (χ3n) is 2.65. The first-order valence-corrected chi connectivity index (χ1v) is 8.10. The number of hydrogen-bond donors (Lipinski definition) is 2. The fourth-order valence-corrected chi connectivity index (χ4v) is 3.37. The summed E-state index contributed by atoms with van der Waals surface area (Å²) in [5.74, 6) is -0.437. The summed E-state index contributed by atoms with van der Waals surface area (Å²) in [6, 6.07) is 6.65. The predicted octanol–water partition coefficient (Wildman–Crippen LogP) is 1.68. The zero-order valence-corrected chi connectivity index (χ0v) is 13.6. The smallest absolute Gasteiger partial charge is 0.267 e. The van der Waals surface area contributed by atoms with Crippen LogP contribution in [0.4, 0.5) is 0 Å². The molecule has 0 spiro atoms. The van der Waals surface area contributed by atoms with E-state index in [-0.39, 0.29) is 16.3 Å². The number of carbonyl (C=O) groups is 1. The number of aryl methyl sites for hydroxylation is 2. The second-order valence-electron chi connectivity index (χ2n) is 4.19. The van der Waals surface area contributed by atoms with Gasteiger partial charge in [-0.3, -0.25) is 10.2 Å². The molecule has 0 aliphatic heterocycles. The minimum atomic E-state index is -3.95. The van der Waals surface area contributed by atoms with Crippen LogP contribution in [0.15, 0.2) is 38.2 Å². The highest BCUT2D eigenvalue weighted by atomic mass is 79.9. The van der Waals surface area contributed by atoms with E-state index in [0.29, 0.717) is 10.0 Å². The molecule has 0 aliphatic carbocycles. The van der Waals surface area contributed by atoms with Crippen LogP contribution in [0.1, 0.15) is 21.8 Å². The van der Waals surface area contributed by atoms with Crippen LogP contribution >= 0.6 is 15.9 Å². The Hall–Kier alpha value is -1.71. The first-order valence-electron chi connectivity index (χ1n) is 5.82. The van der Waals surface area contributed by atoms with Crippen molar-refractivity contribution in [3.63, 3.8) is 0 Å². The van der Waals surface area contributed by atoms with Crippen molar-refractivity contribution in [2.45, 2.75) is 18.7 Å². The maximum atomic E-state index is 12.1. The topological polar surface area (TPSA) is 101 Å². The predicted molar refractivity (Wildman–Crippen MR) is 77.9 cm³/mol. The molecule has 0 saturated heterocycles. The van der Waals surface area contributed by atoms with E-state index in [2.05, 4.69) is 26.5 Å². The normalized spacial score (nSPS) is 11.4. The quantitative estimate of drug-likeness (QED) is 0.793. The van der Waals surface area contributed by atoms with Crippen LogP contribution in [0.25, 0.3) is 0 Å². The number of carbonyl (C=O) groups excluding carboxylic acids is 1. The molecule has 0 fully saturated rings. The molecule has 2 aromatic rings. The van der Waals surface area contributed by atoms with Gasteiger partial charge in [-0.15, -0.1) is 4.83 Å². The van der Waals surface area contributed by atoms with Gasteiger partial charge in [0.2, 0.25) is 0 Å². The van der Waals surface area contributed by atoms with Gasteiger partial charge in [-0.1, -0.05) is 17.3 Å². The van der Waals surface area contributed by atoms with Gasteiger partial charge in [0.1, 0.15) is 10.6 Å². The number of amides is 1. The van der Waals surface area contributed by atoms with E-state index in [1.54, 1.807) is 24.3 Å². The Morgan fingerprint density at radius 2 is 1.95 bits per heavy atom. The van der Waals surface area contributed by atoms with Gasteiger partial charge in [0, 0.05) is 4.47 Å².